The van der Waals surface area contributed by atoms with Crippen molar-refractivity contribution >= 4 is 6.98 Å². The molecule has 0 aromatic heterocycles. The molecule has 0 aliphatic carbocycles. The van der Waals surface area contributed by atoms with Gasteiger partial charge < -0.3 is 12.9 Å². The molecule has 0 nitrogen and oxygen atoms in total. The van der Waals surface area contributed by atoms with E-state index in [0.717, 1.165) is 0 Å². The van der Waals surface area contributed by atoms with Crippen LogP contribution in [-0.2, 0) is 0 Å². The topological polar surface area (TPSA) is 0 Å². The molecular formula is C4H7BF5K. The molecule has 0 saturated carbocycles. The predicted molar refractivity (Wildman–Crippen MR) is 29.1 cm³/mol. The van der Waals surface area contributed by atoms with Gasteiger partial charge in [0.25, 0.3) is 0 Å². The van der Waals surface area contributed by atoms with Crippen LogP contribution in [0.2, 0.25) is 6.32 Å². The Bertz CT molecular complexity index is 92.0. The molecule has 0 spiro atoms. The summed E-state index contributed by atoms with van der Waals surface area (Å²) in [4.78, 5) is 0. The minimum atomic E-state index is -5.05. The van der Waals surface area contributed by atoms with Crippen molar-refractivity contribution in [3.05, 3.63) is 0 Å². The molecule has 0 aliphatic rings. The van der Waals surface area contributed by atoms with E-state index in [1.165, 1.54) is 0 Å². The van der Waals surface area contributed by atoms with E-state index in [1.807, 2.05) is 0 Å². The molecule has 0 fully saturated rings. The van der Waals surface area contributed by atoms with Gasteiger partial charge >= 0.3 is 58.4 Å². The molecule has 0 unspecified atom stereocenters. The Balaban J connectivity index is 0. The minimum absolute atomic E-state index is 0. The minimum Gasteiger partial charge on any atom is -0.449 e. The second kappa shape index (κ2) is 5.16. The Labute approximate surface area is 104 Å². The van der Waals surface area contributed by atoms with Gasteiger partial charge in [0.05, 0.1) is 0 Å². The van der Waals surface area contributed by atoms with Crippen LogP contribution in [0.1, 0.15) is 13.3 Å². The predicted octanol–water partition coefficient (Wildman–Crippen LogP) is -0.117. The molecule has 0 rings (SSSR count). The fraction of sp³-hybridized carbons (Fsp3) is 1.00. The molecule has 62 valence electrons. The molecule has 0 heterocycles. The zero-order valence-corrected chi connectivity index (χ0v) is 9.50. The third-order valence-electron chi connectivity index (χ3n) is 0.911. The average molecular weight is 200 g/mol. The van der Waals surface area contributed by atoms with Crippen LogP contribution < -0.4 is 51.4 Å². The molecular weight excluding hydrogens is 193 g/mol. The standard InChI is InChI=1S/C4H7BF5.K/c1-4(6,7)2-3-5(8,9)10;/h2-3H2,1H3;/q-1;+1. The van der Waals surface area contributed by atoms with Crippen LogP contribution in [0, 0.1) is 0 Å². The van der Waals surface area contributed by atoms with E-state index in [0.29, 0.717) is 6.92 Å². The van der Waals surface area contributed by atoms with Crippen molar-refractivity contribution in [2.75, 3.05) is 0 Å². The molecule has 0 aromatic rings. The van der Waals surface area contributed by atoms with Crippen LogP contribution in [0.4, 0.5) is 21.7 Å². The van der Waals surface area contributed by atoms with E-state index >= 15 is 0 Å². The van der Waals surface area contributed by atoms with Gasteiger partial charge in [0.2, 0.25) is 5.92 Å². The number of halogens is 5. The van der Waals surface area contributed by atoms with Crippen LogP contribution in [0.15, 0.2) is 0 Å². The fourth-order valence-corrected chi connectivity index (χ4v) is 0.417. The van der Waals surface area contributed by atoms with Gasteiger partial charge in [-0.25, -0.2) is 8.78 Å². The maximum atomic E-state index is 11.8. The van der Waals surface area contributed by atoms with E-state index in [-0.39, 0.29) is 51.4 Å². The van der Waals surface area contributed by atoms with E-state index in [1.54, 1.807) is 0 Å². The average Bonchev–Trinajstić information content (AvgIpc) is 1.57. The second-order valence-electron chi connectivity index (χ2n) is 2.32. The molecule has 0 saturated heterocycles. The normalized spacial score (nSPS) is 12.5. The summed E-state index contributed by atoms with van der Waals surface area (Å²) in [5.41, 5.74) is 0. The SMILES string of the molecule is CC(F)(F)CC[B-](F)(F)F.[K+]. The van der Waals surface area contributed by atoms with Gasteiger partial charge in [-0.1, -0.05) is 6.32 Å². The monoisotopic (exact) mass is 200 g/mol. The third kappa shape index (κ3) is 14.2. The zero-order valence-electron chi connectivity index (χ0n) is 6.38. The first-order chi connectivity index (χ1) is 4.21. The van der Waals surface area contributed by atoms with Gasteiger partial charge in [-0.05, 0) is 13.3 Å². The molecule has 0 aromatic carbocycles. The van der Waals surface area contributed by atoms with Crippen molar-refractivity contribution in [2.24, 2.45) is 0 Å². The van der Waals surface area contributed by atoms with Gasteiger partial charge in [0, 0.05) is 0 Å². The summed E-state index contributed by atoms with van der Waals surface area (Å²) in [7, 11) is 0. The van der Waals surface area contributed by atoms with Gasteiger partial charge in [-0.2, -0.15) is 0 Å². The zero-order chi connectivity index (χ0) is 8.41. The number of alkyl halides is 2. The summed E-state index contributed by atoms with van der Waals surface area (Å²) in [6.45, 7) is -4.57. The fourth-order valence-electron chi connectivity index (χ4n) is 0.417. The van der Waals surface area contributed by atoms with Crippen molar-refractivity contribution in [2.45, 2.75) is 25.6 Å². The van der Waals surface area contributed by atoms with Gasteiger partial charge in [-0.15, -0.1) is 0 Å². The molecule has 0 N–H and O–H groups in total. The van der Waals surface area contributed by atoms with Crippen LogP contribution >= 0.6 is 0 Å². The van der Waals surface area contributed by atoms with Gasteiger partial charge in [-0.3, -0.25) is 0 Å². The van der Waals surface area contributed by atoms with E-state index in [9.17, 15) is 21.7 Å². The van der Waals surface area contributed by atoms with Crippen LogP contribution in [0.3, 0.4) is 0 Å². The molecule has 11 heavy (non-hydrogen) atoms. The first-order valence-corrected chi connectivity index (χ1v) is 2.79. The first-order valence-electron chi connectivity index (χ1n) is 2.79. The Hall–Kier alpha value is 1.35. The van der Waals surface area contributed by atoms with Gasteiger partial charge in [0.1, 0.15) is 0 Å². The van der Waals surface area contributed by atoms with Crippen LogP contribution in [0.5, 0.6) is 0 Å². The molecule has 0 radical (unpaired) electrons. The summed E-state index contributed by atoms with van der Waals surface area (Å²) >= 11 is 0. The van der Waals surface area contributed by atoms with E-state index in [4.69, 9.17) is 0 Å². The van der Waals surface area contributed by atoms with E-state index in [2.05, 4.69) is 0 Å². The molecule has 0 aliphatic heterocycles. The quantitative estimate of drug-likeness (QED) is 0.440. The van der Waals surface area contributed by atoms with E-state index < -0.39 is 25.6 Å². The van der Waals surface area contributed by atoms with Crippen LogP contribution in [0.25, 0.3) is 0 Å². The Kier molecular flexibility index (Phi) is 6.97. The summed E-state index contributed by atoms with van der Waals surface area (Å²) < 4.78 is 57.5. The Morgan fingerprint density at radius 3 is 1.64 bits per heavy atom. The van der Waals surface area contributed by atoms with Crippen molar-refractivity contribution in [3.63, 3.8) is 0 Å². The molecule has 0 amide bonds. The summed E-state index contributed by atoms with van der Waals surface area (Å²) in [5, 5.41) is 0. The summed E-state index contributed by atoms with van der Waals surface area (Å²) in [6.07, 6.45) is -2.46. The van der Waals surface area contributed by atoms with Gasteiger partial charge in [0.15, 0.2) is 0 Å². The molecule has 0 atom stereocenters. The van der Waals surface area contributed by atoms with Crippen LogP contribution in [-0.4, -0.2) is 12.9 Å². The van der Waals surface area contributed by atoms with Crippen molar-refractivity contribution in [1.82, 2.24) is 0 Å². The Morgan fingerprint density at radius 1 is 1.18 bits per heavy atom. The third-order valence-corrected chi connectivity index (χ3v) is 0.911. The van der Waals surface area contributed by atoms with Crippen molar-refractivity contribution in [1.29, 1.82) is 0 Å². The number of hydrogen-bond donors (Lipinski definition) is 0. The largest absolute Gasteiger partial charge is 1.00 e. The molecule has 0 bridgehead atoms. The summed E-state index contributed by atoms with van der Waals surface area (Å²) in [6, 6.07) is 0. The number of hydrogen-bond acceptors (Lipinski definition) is 0. The molecule has 7 heteroatoms. The Morgan fingerprint density at radius 2 is 1.55 bits per heavy atom. The summed E-state index contributed by atoms with van der Waals surface area (Å²) in [5.74, 6) is -3.20. The van der Waals surface area contributed by atoms with Crippen molar-refractivity contribution < 1.29 is 73.1 Å². The van der Waals surface area contributed by atoms with Crippen molar-refractivity contribution in [3.8, 4) is 0 Å². The maximum Gasteiger partial charge on any atom is 1.00 e. The second-order valence-corrected chi connectivity index (χ2v) is 2.32. The smallest absolute Gasteiger partial charge is 0.449 e. The maximum absolute atomic E-state index is 11.8. The number of rotatable bonds is 3. The first kappa shape index (κ1) is 14.9.